The lowest BCUT2D eigenvalue weighted by molar-refractivity contribution is -0.359. The van der Waals surface area contributed by atoms with Crippen LogP contribution in [0.4, 0.5) is 0 Å². The topological polar surface area (TPSA) is 228 Å². The molecule has 12 unspecified atom stereocenters. The van der Waals surface area contributed by atoms with E-state index < -0.39 is 86.8 Å². The highest BCUT2D eigenvalue weighted by Crippen LogP contribution is 2.30. The van der Waals surface area contributed by atoms with Crippen LogP contribution < -0.4 is 5.32 Å². The Labute approximate surface area is 418 Å². The van der Waals surface area contributed by atoms with Crippen LogP contribution in [0.15, 0.2) is 24.3 Å². The van der Waals surface area contributed by atoms with Crippen LogP contribution in [-0.4, -0.2) is 140 Å². The second kappa shape index (κ2) is 41.9. The van der Waals surface area contributed by atoms with Crippen molar-refractivity contribution in [1.29, 1.82) is 0 Å². The highest BCUT2D eigenvalue weighted by Gasteiger charge is 2.51. The van der Waals surface area contributed by atoms with Crippen molar-refractivity contribution in [2.75, 3.05) is 19.8 Å². The number of carbonyl (C=O) groups excluding carboxylic acids is 1. The van der Waals surface area contributed by atoms with Gasteiger partial charge in [0.25, 0.3) is 0 Å². The Kier molecular flexibility index (Phi) is 38.6. The largest absolute Gasteiger partial charge is 0.394 e. The summed E-state index contributed by atoms with van der Waals surface area (Å²) < 4.78 is 22.8. The number of carbonyl (C=O) groups is 1. The molecule has 12 atom stereocenters. The van der Waals surface area contributed by atoms with Gasteiger partial charge in [0.1, 0.15) is 48.8 Å². The maximum absolute atomic E-state index is 13.2. The first kappa shape index (κ1) is 63.6. The Morgan fingerprint density at radius 1 is 0.522 bits per heavy atom. The second-order valence-corrected chi connectivity index (χ2v) is 20.1. The van der Waals surface area contributed by atoms with Gasteiger partial charge in [-0.1, -0.05) is 199 Å². The van der Waals surface area contributed by atoms with E-state index in [2.05, 4.69) is 43.5 Å². The van der Waals surface area contributed by atoms with Crippen LogP contribution >= 0.6 is 0 Å². The lowest BCUT2D eigenvalue weighted by Crippen LogP contribution is -2.65. The van der Waals surface area contributed by atoms with Crippen LogP contribution in [0.5, 0.6) is 0 Å². The van der Waals surface area contributed by atoms with E-state index in [1.165, 1.54) is 135 Å². The molecule has 0 saturated carbocycles. The van der Waals surface area contributed by atoms with Crippen LogP contribution in [0.1, 0.15) is 226 Å². The maximum Gasteiger partial charge on any atom is 0.220 e. The third kappa shape index (κ3) is 28.5. The highest BCUT2D eigenvalue weighted by atomic mass is 16.7. The summed E-state index contributed by atoms with van der Waals surface area (Å²) in [5.41, 5.74) is 0. The van der Waals surface area contributed by atoms with Gasteiger partial charge in [0, 0.05) is 6.42 Å². The van der Waals surface area contributed by atoms with Crippen molar-refractivity contribution in [3.8, 4) is 0 Å². The number of rotatable bonds is 44. The van der Waals surface area contributed by atoms with Crippen molar-refractivity contribution in [2.24, 2.45) is 0 Å². The average molecular weight is 986 g/mol. The molecular formula is C55H103NO13. The molecule has 2 aliphatic heterocycles. The Balaban J connectivity index is 1.79. The number of unbranched alkanes of at least 4 members (excludes halogenated alkanes) is 27. The highest BCUT2D eigenvalue weighted by molar-refractivity contribution is 5.76. The molecule has 2 aliphatic rings. The van der Waals surface area contributed by atoms with Gasteiger partial charge in [0.05, 0.1) is 32.0 Å². The van der Waals surface area contributed by atoms with E-state index in [1.807, 2.05) is 0 Å². The summed E-state index contributed by atoms with van der Waals surface area (Å²) in [4.78, 5) is 13.2. The molecule has 0 spiro atoms. The number of hydrogen-bond acceptors (Lipinski definition) is 13. The fourth-order valence-electron chi connectivity index (χ4n) is 9.33. The molecule has 0 aromatic rings. The minimum atomic E-state index is -1.78. The van der Waals surface area contributed by atoms with E-state index in [0.29, 0.717) is 19.3 Å². The number of aliphatic hydroxyl groups is 8. The number of nitrogens with one attached hydrogen (secondary N) is 1. The predicted octanol–water partition coefficient (Wildman–Crippen LogP) is 8.50. The number of hydrogen-bond donors (Lipinski definition) is 9. The smallest absolute Gasteiger partial charge is 0.220 e. The summed E-state index contributed by atoms with van der Waals surface area (Å²) in [6, 6.07) is -0.831. The van der Waals surface area contributed by atoms with E-state index in [0.717, 1.165) is 57.8 Å². The molecule has 2 rings (SSSR count). The lowest BCUT2D eigenvalue weighted by Gasteiger charge is -2.46. The number of allylic oxidation sites excluding steroid dienone is 4. The fraction of sp³-hybridized carbons (Fsp3) is 0.909. The van der Waals surface area contributed by atoms with Gasteiger partial charge in [0.15, 0.2) is 12.6 Å². The molecule has 0 aromatic heterocycles. The molecular weight excluding hydrogens is 883 g/mol. The van der Waals surface area contributed by atoms with Crippen LogP contribution in [0.2, 0.25) is 0 Å². The summed E-state index contributed by atoms with van der Waals surface area (Å²) in [5.74, 6) is -0.214. The summed E-state index contributed by atoms with van der Waals surface area (Å²) >= 11 is 0. The number of amides is 1. The predicted molar refractivity (Wildman–Crippen MR) is 272 cm³/mol. The zero-order valence-electron chi connectivity index (χ0n) is 43.3. The molecule has 1 amide bonds. The first-order valence-electron chi connectivity index (χ1n) is 28.1. The lowest BCUT2D eigenvalue weighted by atomic mass is 9.97. The normalized spacial score (nSPS) is 26.3. The van der Waals surface area contributed by atoms with Gasteiger partial charge in [-0.25, -0.2) is 0 Å². The van der Waals surface area contributed by atoms with Gasteiger partial charge in [-0.05, 0) is 44.9 Å². The Morgan fingerprint density at radius 2 is 0.957 bits per heavy atom. The molecule has 0 radical (unpaired) electrons. The quantitative estimate of drug-likeness (QED) is 0.0206. The van der Waals surface area contributed by atoms with Crippen LogP contribution in [0, 0.1) is 0 Å². The molecule has 0 aliphatic carbocycles. The number of aliphatic hydroxyl groups excluding tert-OH is 8. The first-order valence-corrected chi connectivity index (χ1v) is 28.1. The second-order valence-electron chi connectivity index (χ2n) is 20.1. The van der Waals surface area contributed by atoms with E-state index in [-0.39, 0.29) is 12.5 Å². The van der Waals surface area contributed by atoms with Crippen LogP contribution in [0.25, 0.3) is 0 Å². The van der Waals surface area contributed by atoms with Gasteiger partial charge >= 0.3 is 0 Å². The van der Waals surface area contributed by atoms with Gasteiger partial charge in [-0.15, -0.1) is 0 Å². The third-order valence-corrected chi connectivity index (χ3v) is 13.9. The van der Waals surface area contributed by atoms with Crippen LogP contribution in [-0.2, 0) is 23.7 Å². The minimum Gasteiger partial charge on any atom is -0.394 e. The molecule has 0 aromatic carbocycles. The third-order valence-electron chi connectivity index (χ3n) is 13.9. The average Bonchev–Trinajstić information content (AvgIpc) is 3.35. The van der Waals surface area contributed by atoms with Gasteiger partial charge < -0.3 is 65.1 Å². The zero-order valence-corrected chi connectivity index (χ0v) is 43.3. The van der Waals surface area contributed by atoms with E-state index in [9.17, 15) is 45.6 Å². The standard InChI is InChI=1S/C55H103NO13/c1-3-5-7-9-11-13-15-17-19-21-23-24-26-28-30-32-34-36-38-44(59)43(56-47(60)39-37-35-33-31-29-27-25-22-20-18-16-14-12-10-8-6-4-2)42-66-54-52(65)50(63)53(46(41-58)68-54)69-55-51(64)49(62)48(61)45(40-57)67-55/h12,14,18,20,43-46,48-55,57-59,61-65H,3-11,13,15-17,19,21-42H2,1-2H3,(H,56,60)/b14-12-,20-18-. The summed E-state index contributed by atoms with van der Waals surface area (Å²) in [6.07, 6.45) is 30.2. The fourth-order valence-corrected chi connectivity index (χ4v) is 9.33. The molecule has 2 saturated heterocycles. The van der Waals surface area contributed by atoms with Crippen LogP contribution in [0.3, 0.4) is 0 Å². The molecule has 14 heteroatoms. The molecule has 2 fully saturated rings. The van der Waals surface area contributed by atoms with E-state index in [1.54, 1.807) is 0 Å². The molecule has 0 bridgehead atoms. The SMILES string of the molecule is CCCCC/C=C\C/C=C\CCCCCCCCCC(=O)NC(COC1OC(CO)C(OC2OC(CO)C(O)C(O)C2O)C(O)C1O)C(O)CCCCCCCCCCCCCCCCCCCC. The van der Waals surface area contributed by atoms with Crippen molar-refractivity contribution in [3.63, 3.8) is 0 Å². The molecule has 2 heterocycles. The molecule has 69 heavy (non-hydrogen) atoms. The van der Waals surface area contributed by atoms with E-state index >= 15 is 0 Å². The van der Waals surface area contributed by atoms with E-state index in [4.69, 9.17) is 18.9 Å². The van der Waals surface area contributed by atoms with Crippen molar-refractivity contribution < 1.29 is 64.6 Å². The Hall–Kier alpha value is -1.53. The van der Waals surface area contributed by atoms with Gasteiger partial charge in [-0.2, -0.15) is 0 Å². The first-order chi connectivity index (χ1) is 33.6. The Morgan fingerprint density at radius 3 is 1.48 bits per heavy atom. The minimum absolute atomic E-state index is 0.214. The molecule has 14 nitrogen and oxygen atoms in total. The van der Waals surface area contributed by atoms with Gasteiger partial charge in [0.2, 0.25) is 5.91 Å². The molecule has 406 valence electrons. The summed E-state index contributed by atoms with van der Waals surface area (Å²) in [6.45, 7) is 2.84. The van der Waals surface area contributed by atoms with Crippen molar-refractivity contribution >= 4 is 5.91 Å². The molecule has 9 N–H and O–H groups in total. The van der Waals surface area contributed by atoms with Crippen molar-refractivity contribution in [3.05, 3.63) is 24.3 Å². The van der Waals surface area contributed by atoms with Crippen molar-refractivity contribution in [1.82, 2.24) is 5.32 Å². The summed E-state index contributed by atoms with van der Waals surface area (Å²) in [7, 11) is 0. The Bertz CT molecular complexity index is 1260. The monoisotopic (exact) mass is 986 g/mol. The summed E-state index contributed by atoms with van der Waals surface area (Å²) in [5, 5.41) is 87.1. The maximum atomic E-state index is 13.2. The van der Waals surface area contributed by atoms with Gasteiger partial charge in [-0.3, -0.25) is 4.79 Å². The number of ether oxygens (including phenoxy) is 4. The zero-order chi connectivity index (χ0) is 50.3. The van der Waals surface area contributed by atoms with Crippen molar-refractivity contribution in [2.45, 2.75) is 299 Å².